The second-order valence-corrected chi connectivity index (χ2v) is 8.36. The number of carbonyl (C=O) groups is 2. The largest absolute Gasteiger partial charge is 0.339 e. The number of nitrogens with zero attached hydrogens (tertiary/aromatic N) is 2. The number of thioether (sulfide) groups is 1. The SMILES string of the molecule is Cc1ccc(N2C(=O)C(Sc3ccccc3)=C(N(C)c3ccccc3)C2=O)cc1Cl. The normalized spacial score (nSPS) is 13.9. The molecule has 150 valence electrons. The van der Waals surface area contributed by atoms with Crippen LogP contribution in [-0.4, -0.2) is 18.9 Å². The van der Waals surface area contributed by atoms with Gasteiger partial charge in [0, 0.05) is 22.7 Å². The van der Waals surface area contributed by atoms with Crippen LogP contribution >= 0.6 is 23.4 Å². The first-order chi connectivity index (χ1) is 14.5. The van der Waals surface area contributed by atoms with Crippen LogP contribution in [0.3, 0.4) is 0 Å². The summed E-state index contributed by atoms with van der Waals surface area (Å²) in [7, 11) is 1.80. The average Bonchev–Trinajstić information content (AvgIpc) is 3.00. The van der Waals surface area contributed by atoms with Crippen LogP contribution in [0.2, 0.25) is 5.02 Å². The van der Waals surface area contributed by atoms with Gasteiger partial charge in [-0.25, -0.2) is 4.90 Å². The van der Waals surface area contributed by atoms with Gasteiger partial charge in [0.1, 0.15) is 10.6 Å². The molecule has 3 aromatic rings. The van der Waals surface area contributed by atoms with Crippen molar-refractivity contribution in [3.63, 3.8) is 0 Å². The summed E-state index contributed by atoms with van der Waals surface area (Å²) in [5.74, 6) is -0.726. The maximum atomic E-state index is 13.5. The van der Waals surface area contributed by atoms with E-state index in [2.05, 4.69) is 0 Å². The molecule has 1 aliphatic heterocycles. The lowest BCUT2D eigenvalue weighted by Gasteiger charge is -2.21. The van der Waals surface area contributed by atoms with Gasteiger partial charge in [-0.15, -0.1) is 0 Å². The van der Waals surface area contributed by atoms with Crippen LogP contribution in [0.15, 0.2) is 94.4 Å². The summed E-state index contributed by atoms with van der Waals surface area (Å²) in [6.07, 6.45) is 0. The maximum Gasteiger partial charge on any atom is 0.283 e. The van der Waals surface area contributed by atoms with Gasteiger partial charge >= 0.3 is 0 Å². The smallest absolute Gasteiger partial charge is 0.283 e. The van der Waals surface area contributed by atoms with E-state index in [0.717, 1.165) is 16.1 Å². The topological polar surface area (TPSA) is 40.6 Å². The standard InChI is InChI=1S/C24H19ClN2O2S/c1-16-13-14-18(15-20(16)25)27-23(28)21(26(2)17-9-5-3-6-10-17)22(24(27)29)30-19-11-7-4-8-12-19/h3-15H,1-2H3. The van der Waals surface area contributed by atoms with E-state index in [1.165, 1.54) is 16.7 Å². The number of para-hydroxylation sites is 1. The molecule has 6 heteroatoms. The minimum atomic E-state index is -0.371. The fourth-order valence-electron chi connectivity index (χ4n) is 3.23. The second-order valence-electron chi connectivity index (χ2n) is 6.87. The molecular weight excluding hydrogens is 416 g/mol. The zero-order chi connectivity index (χ0) is 21.3. The minimum absolute atomic E-state index is 0.344. The van der Waals surface area contributed by atoms with Crippen molar-refractivity contribution in [2.75, 3.05) is 16.8 Å². The maximum absolute atomic E-state index is 13.5. The number of carbonyl (C=O) groups excluding carboxylic acids is 2. The number of hydrogen-bond acceptors (Lipinski definition) is 4. The monoisotopic (exact) mass is 434 g/mol. The molecule has 0 fully saturated rings. The summed E-state index contributed by atoms with van der Waals surface area (Å²) in [6, 6.07) is 24.3. The Kier molecular flexibility index (Phi) is 5.66. The first kappa shape index (κ1) is 20.3. The molecule has 0 saturated heterocycles. The summed E-state index contributed by atoms with van der Waals surface area (Å²) >= 11 is 7.56. The number of imide groups is 1. The molecule has 0 aromatic heterocycles. The van der Waals surface area contributed by atoms with Crippen molar-refractivity contribution in [3.05, 3.63) is 100 Å². The quantitative estimate of drug-likeness (QED) is 0.485. The van der Waals surface area contributed by atoms with E-state index in [9.17, 15) is 9.59 Å². The highest BCUT2D eigenvalue weighted by Crippen LogP contribution is 2.40. The molecule has 1 aliphatic rings. The number of halogens is 1. The summed E-state index contributed by atoms with van der Waals surface area (Å²) in [4.78, 5) is 31.1. The van der Waals surface area contributed by atoms with Gasteiger partial charge in [-0.3, -0.25) is 9.59 Å². The molecular formula is C24H19ClN2O2S. The van der Waals surface area contributed by atoms with Gasteiger partial charge in [-0.2, -0.15) is 0 Å². The lowest BCUT2D eigenvalue weighted by atomic mass is 10.2. The van der Waals surface area contributed by atoms with Crippen molar-refractivity contribution >= 4 is 46.6 Å². The Bertz CT molecular complexity index is 1150. The molecule has 0 bridgehead atoms. The number of hydrogen-bond donors (Lipinski definition) is 0. The molecule has 0 saturated carbocycles. The minimum Gasteiger partial charge on any atom is -0.339 e. The first-order valence-corrected chi connectivity index (χ1v) is 10.6. The van der Waals surface area contributed by atoms with Crippen molar-refractivity contribution in [3.8, 4) is 0 Å². The molecule has 0 aliphatic carbocycles. The number of anilines is 2. The third kappa shape index (κ3) is 3.74. The van der Waals surface area contributed by atoms with Crippen molar-refractivity contribution < 1.29 is 9.59 Å². The molecule has 1 heterocycles. The summed E-state index contributed by atoms with van der Waals surface area (Å²) < 4.78 is 0. The molecule has 0 spiro atoms. The molecule has 0 radical (unpaired) electrons. The Balaban J connectivity index is 1.80. The molecule has 2 amide bonds. The number of likely N-dealkylation sites (N-methyl/N-ethyl adjacent to an activating group) is 1. The zero-order valence-electron chi connectivity index (χ0n) is 16.5. The Labute approximate surface area is 184 Å². The van der Waals surface area contributed by atoms with Crippen LogP contribution in [0.25, 0.3) is 0 Å². The predicted octanol–water partition coefficient (Wildman–Crippen LogP) is 5.66. The van der Waals surface area contributed by atoms with Crippen molar-refractivity contribution in [1.82, 2.24) is 0 Å². The Hall–Kier alpha value is -3.02. The van der Waals surface area contributed by atoms with E-state index in [0.29, 0.717) is 21.3 Å². The van der Waals surface area contributed by atoms with Gasteiger partial charge in [0.15, 0.2) is 0 Å². The van der Waals surface area contributed by atoms with Crippen LogP contribution in [0.1, 0.15) is 5.56 Å². The molecule has 4 nitrogen and oxygen atoms in total. The molecule has 4 rings (SSSR count). The van der Waals surface area contributed by atoms with E-state index >= 15 is 0 Å². The van der Waals surface area contributed by atoms with E-state index in [-0.39, 0.29) is 11.8 Å². The van der Waals surface area contributed by atoms with Crippen LogP contribution in [0.4, 0.5) is 11.4 Å². The number of benzene rings is 3. The van der Waals surface area contributed by atoms with Crippen LogP contribution in [-0.2, 0) is 9.59 Å². The van der Waals surface area contributed by atoms with Gasteiger partial charge < -0.3 is 4.90 Å². The molecule has 0 atom stereocenters. The fraction of sp³-hybridized carbons (Fsp3) is 0.0833. The highest BCUT2D eigenvalue weighted by atomic mass is 35.5. The van der Waals surface area contributed by atoms with E-state index in [4.69, 9.17) is 11.6 Å². The van der Waals surface area contributed by atoms with E-state index < -0.39 is 0 Å². The van der Waals surface area contributed by atoms with Gasteiger partial charge in [0.2, 0.25) is 0 Å². The number of rotatable bonds is 5. The summed E-state index contributed by atoms with van der Waals surface area (Å²) in [5.41, 5.74) is 2.51. The zero-order valence-corrected chi connectivity index (χ0v) is 18.1. The lowest BCUT2D eigenvalue weighted by molar-refractivity contribution is -0.120. The van der Waals surface area contributed by atoms with Gasteiger partial charge in [0.25, 0.3) is 11.8 Å². The highest BCUT2D eigenvalue weighted by molar-refractivity contribution is 8.04. The number of amides is 2. The third-order valence-electron chi connectivity index (χ3n) is 4.87. The van der Waals surface area contributed by atoms with Crippen molar-refractivity contribution in [2.45, 2.75) is 11.8 Å². The predicted molar refractivity (Wildman–Crippen MR) is 123 cm³/mol. The van der Waals surface area contributed by atoms with Gasteiger partial charge in [-0.05, 0) is 48.9 Å². The van der Waals surface area contributed by atoms with E-state index in [1.807, 2.05) is 67.6 Å². The second kappa shape index (κ2) is 8.38. The average molecular weight is 435 g/mol. The van der Waals surface area contributed by atoms with Gasteiger partial charge in [0.05, 0.1) is 5.69 Å². The molecule has 0 unspecified atom stereocenters. The Morgan fingerprint density at radius 2 is 1.50 bits per heavy atom. The summed E-state index contributed by atoms with van der Waals surface area (Å²) in [5, 5.41) is 0.509. The van der Waals surface area contributed by atoms with Crippen LogP contribution in [0, 0.1) is 6.92 Å². The third-order valence-corrected chi connectivity index (χ3v) is 6.36. The van der Waals surface area contributed by atoms with Crippen molar-refractivity contribution in [2.24, 2.45) is 0 Å². The molecule has 3 aromatic carbocycles. The first-order valence-electron chi connectivity index (χ1n) is 9.38. The van der Waals surface area contributed by atoms with Crippen molar-refractivity contribution in [1.29, 1.82) is 0 Å². The van der Waals surface area contributed by atoms with E-state index in [1.54, 1.807) is 30.1 Å². The van der Waals surface area contributed by atoms with Crippen LogP contribution < -0.4 is 9.80 Å². The Morgan fingerprint density at radius 3 is 2.13 bits per heavy atom. The fourth-order valence-corrected chi connectivity index (χ4v) is 4.43. The highest BCUT2D eigenvalue weighted by Gasteiger charge is 2.42. The van der Waals surface area contributed by atoms with Gasteiger partial charge in [-0.1, -0.05) is 65.8 Å². The Morgan fingerprint density at radius 1 is 0.867 bits per heavy atom. The van der Waals surface area contributed by atoms with Crippen LogP contribution in [0.5, 0.6) is 0 Å². The molecule has 30 heavy (non-hydrogen) atoms. The molecule has 0 N–H and O–H groups in total. The summed E-state index contributed by atoms with van der Waals surface area (Å²) in [6.45, 7) is 1.88. The lowest BCUT2D eigenvalue weighted by Crippen LogP contribution is -2.34. The number of aryl methyl sites for hydroxylation is 1.